The molecule has 0 aliphatic carbocycles. The van der Waals surface area contributed by atoms with Crippen molar-refractivity contribution in [3.05, 3.63) is 40.2 Å². The molecule has 1 aromatic carbocycles. The van der Waals surface area contributed by atoms with Crippen LogP contribution in [0.5, 0.6) is 0 Å². The minimum Gasteiger partial charge on any atom is -0.357 e. The zero-order chi connectivity index (χ0) is 12.4. The summed E-state index contributed by atoms with van der Waals surface area (Å²) in [6.45, 7) is 1.86. The lowest BCUT2D eigenvalue weighted by Gasteiger charge is -2.08. The number of hydrogen-bond donors (Lipinski definition) is 1. The predicted octanol–water partition coefficient (Wildman–Crippen LogP) is 3.40. The topological polar surface area (TPSA) is 37.8 Å². The Morgan fingerprint density at radius 1 is 1.35 bits per heavy atom. The minimum atomic E-state index is -0.294. The van der Waals surface area contributed by atoms with Crippen LogP contribution in [-0.2, 0) is 0 Å². The summed E-state index contributed by atoms with van der Waals surface area (Å²) < 4.78 is 14.6. The van der Waals surface area contributed by atoms with Crippen LogP contribution in [0.3, 0.4) is 0 Å². The number of nitrogens with zero attached hydrogens (tertiary/aromatic N) is 2. The van der Waals surface area contributed by atoms with E-state index in [1.165, 1.54) is 6.07 Å². The van der Waals surface area contributed by atoms with Crippen molar-refractivity contribution >= 4 is 21.9 Å². The predicted molar refractivity (Wildman–Crippen MR) is 69.4 cm³/mol. The summed E-state index contributed by atoms with van der Waals surface area (Å²) in [6, 6.07) is 4.79. The van der Waals surface area contributed by atoms with Crippen LogP contribution in [0.4, 0.5) is 10.3 Å². The number of rotatable bonds is 2. The van der Waals surface area contributed by atoms with E-state index in [0.29, 0.717) is 17.2 Å². The molecular weight excluding hydrogens is 285 g/mol. The molecule has 0 saturated carbocycles. The Morgan fingerprint density at radius 2 is 2.12 bits per heavy atom. The fourth-order valence-electron chi connectivity index (χ4n) is 1.51. The van der Waals surface area contributed by atoms with Gasteiger partial charge in [0.05, 0.1) is 5.69 Å². The quantitative estimate of drug-likeness (QED) is 0.923. The van der Waals surface area contributed by atoms with Crippen LogP contribution in [0.2, 0.25) is 0 Å². The first-order chi connectivity index (χ1) is 8.11. The number of aryl methyl sites for hydroxylation is 1. The van der Waals surface area contributed by atoms with Gasteiger partial charge in [-0.2, -0.15) is 0 Å². The van der Waals surface area contributed by atoms with E-state index in [2.05, 4.69) is 31.2 Å². The van der Waals surface area contributed by atoms with E-state index in [1.807, 2.05) is 6.92 Å². The lowest BCUT2D eigenvalue weighted by molar-refractivity contribution is 0.630. The third-order valence-corrected chi connectivity index (χ3v) is 2.87. The van der Waals surface area contributed by atoms with Gasteiger partial charge in [-0.25, -0.2) is 14.4 Å². The van der Waals surface area contributed by atoms with Gasteiger partial charge in [0, 0.05) is 23.3 Å². The van der Waals surface area contributed by atoms with Crippen molar-refractivity contribution in [3.63, 3.8) is 0 Å². The van der Waals surface area contributed by atoms with E-state index in [0.717, 1.165) is 10.0 Å². The zero-order valence-corrected chi connectivity index (χ0v) is 11.0. The highest BCUT2D eigenvalue weighted by Gasteiger charge is 2.11. The van der Waals surface area contributed by atoms with Crippen molar-refractivity contribution in [2.45, 2.75) is 6.92 Å². The summed E-state index contributed by atoms with van der Waals surface area (Å²) in [4.78, 5) is 8.36. The molecule has 1 N–H and O–H groups in total. The Bertz CT molecular complexity index is 557. The lowest BCUT2D eigenvalue weighted by Crippen LogP contribution is -2.00. The lowest BCUT2D eigenvalue weighted by atomic mass is 10.1. The van der Waals surface area contributed by atoms with E-state index < -0.39 is 0 Å². The van der Waals surface area contributed by atoms with Crippen LogP contribution in [0.15, 0.2) is 28.9 Å². The highest BCUT2D eigenvalue weighted by Crippen LogP contribution is 2.27. The van der Waals surface area contributed by atoms with Crippen LogP contribution in [0.1, 0.15) is 5.56 Å². The van der Waals surface area contributed by atoms with Crippen molar-refractivity contribution in [2.75, 3.05) is 12.4 Å². The van der Waals surface area contributed by atoms with Gasteiger partial charge in [0.25, 0.3) is 0 Å². The summed E-state index contributed by atoms with van der Waals surface area (Å²) in [6.07, 6.45) is 1.68. The molecule has 0 aliphatic heterocycles. The third-order valence-electron chi connectivity index (χ3n) is 2.38. The maximum atomic E-state index is 13.8. The molecule has 0 saturated heterocycles. The van der Waals surface area contributed by atoms with Gasteiger partial charge in [-0.3, -0.25) is 0 Å². The Hall–Kier alpha value is -1.49. The molecule has 2 aromatic rings. The first kappa shape index (κ1) is 12.0. The summed E-state index contributed by atoms with van der Waals surface area (Å²) in [5.74, 6) is 0.182. The zero-order valence-electron chi connectivity index (χ0n) is 9.46. The van der Waals surface area contributed by atoms with Gasteiger partial charge in [0.1, 0.15) is 5.82 Å². The van der Waals surface area contributed by atoms with Crippen LogP contribution in [0, 0.1) is 12.7 Å². The smallest absolute Gasteiger partial charge is 0.222 e. The summed E-state index contributed by atoms with van der Waals surface area (Å²) in [7, 11) is 1.73. The fourth-order valence-corrected chi connectivity index (χ4v) is 1.88. The first-order valence-corrected chi connectivity index (χ1v) is 5.88. The fraction of sp³-hybridized carbons (Fsp3) is 0.167. The Kier molecular flexibility index (Phi) is 3.38. The van der Waals surface area contributed by atoms with E-state index in [1.54, 1.807) is 25.4 Å². The van der Waals surface area contributed by atoms with Gasteiger partial charge in [-0.15, -0.1) is 0 Å². The van der Waals surface area contributed by atoms with Crippen LogP contribution < -0.4 is 5.32 Å². The van der Waals surface area contributed by atoms with E-state index in [9.17, 15) is 4.39 Å². The number of aromatic nitrogens is 2. The van der Waals surface area contributed by atoms with E-state index in [-0.39, 0.29) is 5.82 Å². The molecule has 3 nitrogen and oxygen atoms in total. The summed E-state index contributed by atoms with van der Waals surface area (Å²) >= 11 is 3.33. The first-order valence-electron chi connectivity index (χ1n) is 5.08. The Morgan fingerprint density at radius 3 is 2.82 bits per heavy atom. The molecule has 5 heteroatoms. The third kappa shape index (κ3) is 2.44. The molecule has 0 bridgehead atoms. The van der Waals surface area contributed by atoms with E-state index >= 15 is 0 Å². The Balaban J connectivity index is 2.62. The molecule has 0 fully saturated rings. The second-order valence-electron chi connectivity index (χ2n) is 3.60. The number of anilines is 1. The molecule has 2 rings (SSSR count). The summed E-state index contributed by atoms with van der Waals surface area (Å²) in [5, 5.41) is 2.84. The van der Waals surface area contributed by atoms with Crippen LogP contribution in [0.25, 0.3) is 11.3 Å². The number of nitrogens with one attached hydrogen (secondary N) is 1. The second-order valence-corrected chi connectivity index (χ2v) is 4.52. The van der Waals surface area contributed by atoms with Crippen molar-refractivity contribution in [2.24, 2.45) is 0 Å². The number of halogens is 2. The average Bonchev–Trinajstić information content (AvgIpc) is 2.33. The molecule has 0 radical (unpaired) electrons. The largest absolute Gasteiger partial charge is 0.357 e. The van der Waals surface area contributed by atoms with Crippen molar-refractivity contribution in [1.29, 1.82) is 0 Å². The molecule has 1 heterocycles. The molecule has 88 valence electrons. The molecule has 0 amide bonds. The maximum absolute atomic E-state index is 13.8. The normalized spacial score (nSPS) is 10.4. The van der Waals surface area contributed by atoms with Gasteiger partial charge in [-0.05, 0) is 30.7 Å². The highest BCUT2D eigenvalue weighted by atomic mass is 79.9. The van der Waals surface area contributed by atoms with Gasteiger partial charge >= 0.3 is 0 Å². The average molecular weight is 296 g/mol. The Labute approximate surface area is 107 Å². The second kappa shape index (κ2) is 4.79. The number of hydrogen-bond acceptors (Lipinski definition) is 3. The summed E-state index contributed by atoms with van der Waals surface area (Å²) in [5.41, 5.74) is 1.90. The molecule has 0 unspecified atom stereocenters. The molecule has 1 aromatic heterocycles. The molecule has 0 spiro atoms. The molecular formula is C12H11BrFN3. The standard InChI is InChI=1S/C12H11BrFN3/c1-7-6-16-12(15-2)17-11(7)9-5-8(13)3-4-10(9)14/h3-6H,1-2H3,(H,15,16,17). The highest BCUT2D eigenvalue weighted by molar-refractivity contribution is 9.10. The molecule has 0 aliphatic rings. The molecule has 0 atom stereocenters. The van der Waals surface area contributed by atoms with E-state index in [4.69, 9.17) is 0 Å². The van der Waals surface area contributed by atoms with Crippen molar-refractivity contribution < 1.29 is 4.39 Å². The maximum Gasteiger partial charge on any atom is 0.222 e. The SMILES string of the molecule is CNc1ncc(C)c(-c2cc(Br)ccc2F)n1. The molecule has 17 heavy (non-hydrogen) atoms. The monoisotopic (exact) mass is 295 g/mol. The van der Waals surface area contributed by atoms with Crippen LogP contribution >= 0.6 is 15.9 Å². The van der Waals surface area contributed by atoms with Gasteiger partial charge in [0.2, 0.25) is 5.95 Å². The van der Waals surface area contributed by atoms with Gasteiger partial charge < -0.3 is 5.32 Å². The number of benzene rings is 1. The van der Waals surface area contributed by atoms with Crippen LogP contribution in [-0.4, -0.2) is 17.0 Å². The van der Waals surface area contributed by atoms with Gasteiger partial charge in [-0.1, -0.05) is 15.9 Å². The van der Waals surface area contributed by atoms with Crippen molar-refractivity contribution in [1.82, 2.24) is 9.97 Å². The van der Waals surface area contributed by atoms with Gasteiger partial charge in [0.15, 0.2) is 0 Å². The minimum absolute atomic E-state index is 0.294. The van der Waals surface area contributed by atoms with Crippen molar-refractivity contribution in [3.8, 4) is 11.3 Å².